The summed E-state index contributed by atoms with van der Waals surface area (Å²) >= 11 is 0. The Morgan fingerprint density at radius 3 is 2.53 bits per heavy atom. The maximum absolute atomic E-state index is 12.1. The van der Waals surface area contributed by atoms with Crippen molar-refractivity contribution in [1.82, 2.24) is 9.78 Å². The smallest absolute Gasteiger partial charge is 0.139 e. The molecule has 1 aromatic heterocycles. The third kappa shape index (κ3) is 4.81. The highest BCUT2D eigenvalue weighted by Gasteiger charge is 2.22. The van der Waals surface area contributed by atoms with E-state index in [-0.39, 0.29) is 11.2 Å². The summed E-state index contributed by atoms with van der Waals surface area (Å²) in [4.78, 5) is 12.1. The first-order chi connectivity index (χ1) is 8.74. The van der Waals surface area contributed by atoms with Crippen LogP contribution in [0, 0.1) is 11.3 Å². The van der Waals surface area contributed by atoms with E-state index in [1.165, 1.54) is 0 Å². The Balaban J connectivity index is 2.56. The number of Topliss-reactive ketones (excluding diaryl/α,β-unsaturated/α-hetero) is 1. The van der Waals surface area contributed by atoms with Crippen LogP contribution in [0.1, 0.15) is 66.1 Å². The second kappa shape index (κ2) is 6.36. The molecule has 3 heteroatoms. The van der Waals surface area contributed by atoms with E-state index in [9.17, 15) is 4.79 Å². The van der Waals surface area contributed by atoms with Crippen molar-refractivity contribution in [2.75, 3.05) is 0 Å². The molecule has 19 heavy (non-hydrogen) atoms. The topological polar surface area (TPSA) is 34.9 Å². The van der Waals surface area contributed by atoms with E-state index in [4.69, 9.17) is 0 Å². The highest BCUT2D eigenvalue weighted by atomic mass is 16.1. The van der Waals surface area contributed by atoms with Crippen molar-refractivity contribution in [2.24, 2.45) is 11.3 Å². The van der Waals surface area contributed by atoms with Gasteiger partial charge in [-0.05, 0) is 30.7 Å². The lowest BCUT2D eigenvalue weighted by Gasteiger charge is -2.26. The zero-order valence-electron chi connectivity index (χ0n) is 13.2. The van der Waals surface area contributed by atoms with E-state index >= 15 is 0 Å². The highest BCUT2D eigenvalue weighted by Crippen LogP contribution is 2.28. The number of carbonyl (C=O) groups is 1. The van der Waals surface area contributed by atoms with E-state index < -0.39 is 0 Å². The van der Waals surface area contributed by atoms with Gasteiger partial charge in [0.15, 0.2) is 0 Å². The zero-order valence-corrected chi connectivity index (χ0v) is 13.2. The summed E-state index contributed by atoms with van der Waals surface area (Å²) in [7, 11) is 0. The molecule has 0 aromatic carbocycles. The van der Waals surface area contributed by atoms with Crippen LogP contribution in [0.25, 0.3) is 0 Å². The molecule has 0 saturated carbocycles. The summed E-state index contributed by atoms with van der Waals surface area (Å²) in [6.07, 6.45) is 4.13. The first-order valence-electron chi connectivity index (χ1n) is 7.29. The lowest BCUT2D eigenvalue weighted by atomic mass is 9.79. The molecule has 2 atom stereocenters. The Kier molecular flexibility index (Phi) is 5.33. The van der Waals surface area contributed by atoms with Gasteiger partial charge in [0, 0.05) is 18.7 Å². The quantitative estimate of drug-likeness (QED) is 0.777. The second-order valence-electron chi connectivity index (χ2n) is 6.73. The molecule has 0 fully saturated rings. The standard InChI is InChI=1S/C16H28N2O/c1-7-13(3)18-9-8-14(17-18)11-15(19)10-12(2)16(4,5)6/h8-9,12-13H,7,10-11H2,1-6H3. The molecule has 0 aliphatic heterocycles. The first kappa shape index (κ1) is 15.9. The maximum atomic E-state index is 12.1. The van der Waals surface area contributed by atoms with Crippen LogP contribution in [0.2, 0.25) is 0 Å². The third-order valence-electron chi connectivity index (χ3n) is 4.10. The van der Waals surface area contributed by atoms with Crippen LogP contribution in [-0.2, 0) is 11.2 Å². The SMILES string of the molecule is CCC(C)n1ccc(CC(=O)CC(C)C(C)(C)C)n1. The lowest BCUT2D eigenvalue weighted by molar-refractivity contribution is -0.120. The van der Waals surface area contributed by atoms with Gasteiger partial charge in [-0.25, -0.2) is 0 Å². The number of hydrogen-bond donors (Lipinski definition) is 0. The summed E-state index contributed by atoms with van der Waals surface area (Å²) < 4.78 is 1.95. The summed E-state index contributed by atoms with van der Waals surface area (Å²) in [5.74, 6) is 0.688. The molecule has 0 radical (unpaired) electrons. The van der Waals surface area contributed by atoms with Gasteiger partial charge in [-0.1, -0.05) is 34.6 Å². The monoisotopic (exact) mass is 264 g/mol. The Morgan fingerprint density at radius 2 is 2.00 bits per heavy atom. The van der Waals surface area contributed by atoms with Crippen molar-refractivity contribution in [3.63, 3.8) is 0 Å². The van der Waals surface area contributed by atoms with Crippen molar-refractivity contribution < 1.29 is 4.79 Å². The van der Waals surface area contributed by atoms with Crippen LogP contribution in [0.4, 0.5) is 0 Å². The van der Waals surface area contributed by atoms with E-state index in [1.54, 1.807) is 0 Å². The fourth-order valence-corrected chi connectivity index (χ4v) is 1.83. The van der Waals surface area contributed by atoms with Gasteiger partial charge in [-0.15, -0.1) is 0 Å². The minimum Gasteiger partial charge on any atom is -0.299 e. The van der Waals surface area contributed by atoms with Crippen molar-refractivity contribution in [1.29, 1.82) is 0 Å². The van der Waals surface area contributed by atoms with Gasteiger partial charge < -0.3 is 0 Å². The number of rotatable bonds is 6. The third-order valence-corrected chi connectivity index (χ3v) is 4.10. The molecule has 0 aliphatic carbocycles. The molecule has 108 valence electrons. The fraction of sp³-hybridized carbons (Fsp3) is 0.750. The molecular weight excluding hydrogens is 236 g/mol. The van der Waals surface area contributed by atoms with Gasteiger partial charge in [0.05, 0.1) is 12.1 Å². The van der Waals surface area contributed by atoms with Crippen molar-refractivity contribution in [3.05, 3.63) is 18.0 Å². The van der Waals surface area contributed by atoms with E-state index in [0.717, 1.165) is 12.1 Å². The molecule has 1 rings (SSSR count). The minimum absolute atomic E-state index is 0.186. The fourth-order valence-electron chi connectivity index (χ4n) is 1.83. The molecule has 0 bridgehead atoms. The van der Waals surface area contributed by atoms with E-state index in [2.05, 4.69) is 46.6 Å². The maximum Gasteiger partial charge on any atom is 0.139 e. The molecule has 0 saturated heterocycles. The van der Waals surface area contributed by atoms with Crippen LogP contribution < -0.4 is 0 Å². The van der Waals surface area contributed by atoms with Crippen LogP contribution >= 0.6 is 0 Å². The average Bonchev–Trinajstić information content (AvgIpc) is 2.74. The van der Waals surface area contributed by atoms with Gasteiger partial charge in [0.2, 0.25) is 0 Å². The Bertz CT molecular complexity index is 415. The normalized spacial score (nSPS) is 15.3. The van der Waals surface area contributed by atoms with Crippen molar-refractivity contribution in [3.8, 4) is 0 Å². The van der Waals surface area contributed by atoms with Gasteiger partial charge in [-0.2, -0.15) is 5.10 Å². The van der Waals surface area contributed by atoms with Gasteiger partial charge in [-0.3, -0.25) is 9.48 Å². The van der Waals surface area contributed by atoms with Crippen LogP contribution in [-0.4, -0.2) is 15.6 Å². The number of ketones is 1. The molecular formula is C16H28N2O. The number of nitrogens with zero attached hydrogens (tertiary/aromatic N) is 2. The first-order valence-corrected chi connectivity index (χ1v) is 7.29. The molecule has 3 nitrogen and oxygen atoms in total. The average molecular weight is 264 g/mol. The number of hydrogen-bond acceptors (Lipinski definition) is 2. The molecule has 1 heterocycles. The number of aromatic nitrogens is 2. The Morgan fingerprint density at radius 1 is 1.37 bits per heavy atom. The summed E-state index contributed by atoms with van der Waals surface area (Å²) in [5, 5.41) is 4.49. The zero-order chi connectivity index (χ0) is 14.6. The van der Waals surface area contributed by atoms with Gasteiger partial charge in [0.1, 0.15) is 5.78 Å². The lowest BCUT2D eigenvalue weighted by Crippen LogP contribution is -2.21. The van der Waals surface area contributed by atoms with Crippen molar-refractivity contribution in [2.45, 2.75) is 66.8 Å². The predicted octanol–water partition coefficient (Wildman–Crippen LogP) is 4.04. The predicted molar refractivity (Wildman–Crippen MR) is 79.2 cm³/mol. The molecule has 0 spiro atoms. The molecule has 2 unspecified atom stereocenters. The van der Waals surface area contributed by atoms with E-state index in [1.807, 2.05) is 16.9 Å². The Hall–Kier alpha value is -1.12. The van der Waals surface area contributed by atoms with Crippen LogP contribution in [0.15, 0.2) is 12.3 Å². The number of carbonyl (C=O) groups excluding carboxylic acids is 1. The highest BCUT2D eigenvalue weighted by molar-refractivity contribution is 5.80. The summed E-state index contributed by atoms with van der Waals surface area (Å²) in [5.41, 5.74) is 1.08. The minimum atomic E-state index is 0.186. The molecule has 1 aromatic rings. The van der Waals surface area contributed by atoms with Crippen molar-refractivity contribution >= 4 is 5.78 Å². The summed E-state index contributed by atoms with van der Waals surface area (Å²) in [6, 6.07) is 2.36. The van der Waals surface area contributed by atoms with Gasteiger partial charge in [0.25, 0.3) is 0 Å². The Labute approximate surface area is 117 Å². The largest absolute Gasteiger partial charge is 0.299 e. The molecule has 0 N–H and O–H groups in total. The van der Waals surface area contributed by atoms with Gasteiger partial charge >= 0.3 is 0 Å². The van der Waals surface area contributed by atoms with E-state index in [0.29, 0.717) is 24.8 Å². The van der Waals surface area contributed by atoms with Crippen LogP contribution in [0.3, 0.4) is 0 Å². The molecule has 0 amide bonds. The second-order valence-corrected chi connectivity index (χ2v) is 6.73. The molecule has 0 aliphatic rings. The summed E-state index contributed by atoms with van der Waals surface area (Å²) in [6.45, 7) is 13.0. The van der Waals surface area contributed by atoms with Crippen LogP contribution in [0.5, 0.6) is 0 Å².